The van der Waals surface area contributed by atoms with Crippen molar-refractivity contribution in [2.75, 3.05) is 37.0 Å². The van der Waals surface area contributed by atoms with Crippen LogP contribution >= 0.6 is 23.2 Å². The molecule has 0 aliphatic carbocycles. The smallest absolute Gasteiger partial charge is 0.320 e. The van der Waals surface area contributed by atoms with Gasteiger partial charge < -0.3 is 20.1 Å². The standard InChI is InChI=1S/C19H22Cl2N4O3/c1-28-19-23-16(22-7-6-12-4-5-14(20)9-15(12)21)10-17(24-19)25-8-2-3-13(11-25)18(26)27/h4-5,9-10,13H,2-3,6-8,11H2,1H3,(H,26,27)(H,22,23,24). The van der Waals surface area contributed by atoms with Gasteiger partial charge in [-0.3, -0.25) is 4.79 Å². The molecule has 1 atom stereocenters. The van der Waals surface area contributed by atoms with Crippen molar-refractivity contribution in [2.24, 2.45) is 5.92 Å². The highest BCUT2D eigenvalue weighted by molar-refractivity contribution is 6.35. The fourth-order valence-electron chi connectivity index (χ4n) is 3.19. The van der Waals surface area contributed by atoms with Gasteiger partial charge in [0.25, 0.3) is 0 Å². The maximum Gasteiger partial charge on any atom is 0.320 e. The van der Waals surface area contributed by atoms with Gasteiger partial charge in [-0.05, 0) is 37.0 Å². The second-order valence-electron chi connectivity index (χ2n) is 6.63. The molecule has 28 heavy (non-hydrogen) atoms. The first-order valence-corrected chi connectivity index (χ1v) is 9.80. The zero-order chi connectivity index (χ0) is 20.1. The maximum absolute atomic E-state index is 11.3. The molecule has 0 spiro atoms. The van der Waals surface area contributed by atoms with Crippen molar-refractivity contribution in [1.29, 1.82) is 0 Å². The summed E-state index contributed by atoms with van der Waals surface area (Å²) in [6.45, 7) is 1.79. The van der Waals surface area contributed by atoms with Gasteiger partial charge in [0.2, 0.25) is 0 Å². The third kappa shape index (κ3) is 5.17. The second kappa shape index (κ2) is 9.30. The summed E-state index contributed by atoms with van der Waals surface area (Å²) in [5.74, 6) is 0.108. The number of methoxy groups -OCH3 is 1. The summed E-state index contributed by atoms with van der Waals surface area (Å²) in [4.78, 5) is 22.0. The van der Waals surface area contributed by atoms with Crippen LogP contribution in [0.3, 0.4) is 0 Å². The van der Waals surface area contributed by atoms with Crippen LogP contribution in [0, 0.1) is 5.92 Å². The fraction of sp³-hybridized carbons (Fsp3) is 0.421. The van der Waals surface area contributed by atoms with Gasteiger partial charge in [-0.2, -0.15) is 9.97 Å². The lowest BCUT2D eigenvalue weighted by Gasteiger charge is -2.31. The summed E-state index contributed by atoms with van der Waals surface area (Å²) in [6, 6.07) is 7.49. The Bertz CT molecular complexity index is 850. The van der Waals surface area contributed by atoms with Crippen LogP contribution in [0.5, 0.6) is 6.01 Å². The molecule has 1 aliphatic heterocycles. The van der Waals surface area contributed by atoms with Crippen molar-refractivity contribution in [3.63, 3.8) is 0 Å². The number of aliphatic carboxylic acids is 1. The predicted molar refractivity (Wildman–Crippen MR) is 110 cm³/mol. The van der Waals surface area contributed by atoms with E-state index in [0.717, 1.165) is 18.5 Å². The average molecular weight is 425 g/mol. The van der Waals surface area contributed by atoms with E-state index >= 15 is 0 Å². The van der Waals surface area contributed by atoms with Crippen LogP contribution in [0.15, 0.2) is 24.3 Å². The number of ether oxygens (including phenoxy) is 1. The topological polar surface area (TPSA) is 87.6 Å². The summed E-state index contributed by atoms with van der Waals surface area (Å²) < 4.78 is 5.22. The number of piperidine rings is 1. The molecular formula is C19H22Cl2N4O3. The molecule has 1 fully saturated rings. The SMILES string of the molecule is COc1nc(NCCc2ccc(Cl)cc2Cl)cc(N2CCCC(C(=O)O)C2)n1. The molecule has 1 aromatic carbocycles. The summed E-state index contributed by atoms with van der Waals surface area (Å²) in [6.07, 6.45) is 2.19. The zero-order valence-corrected chi connectivity index (χ0v) is 17.0. The van der Waals surface area contributed by atoms with E-state index in [1.165, 1.54) is 7.11 Å². The summed E-state index contributed by atoms with van der Waals surface area (Å²) in [5.41, 5.74) is 0.986. The van der Waals surface area contributed by atoms with Crippen LogP contribution in [-0.4, -0.2) is 47.8 Å². The highest BCUT2D eigenvalue weighted by atomic mass is 35.5. The van der Waals surface area contributed by atoms with Crippen molar-refractivity contribution in [1.82, 2.24) is 9.97 Å². The van der Waals surface area contributed by atoms with Crippen LogP contribution in [0.25, 0.3) is 0 Å². The van der Waals surface area contributed by atoms with Crippen LogP contribution in [-0.2, 0) is 11.2 Å². The molecule has 1 unspecified atom stereocenters. The molecule has 0 radical (unpaired) electrons. The Morgan fingerprint density at radius 2 is 2.18 bits per heavy atom. The number of anilines is 2. The molecule has 7 nitrogen and oxygen atoms in total. The number of nitrogens with zero attached hydrogens (tertiary/aromatic N) is 3. The molecular weight excluding hydrogens is 403 g/mol. The molecule has 0 bridgehead atoms. The minimum absolute atomic E-state index is 0.238. The Labute approximate surface area is 173 Å². The second-order valence-corrected chi connectivity index (χ2v) is 7.48. The molecule has 1 saturated heterocycles. The van der Waals surface area contributed by atoms with Crippen molar-refractivity contribution in [3.05, 3.63) is 39.9 Å². The Kier molecular flexibility index (Phi) is 6.80. The first kappa shape index (κ1) is 20.5. The molecule has 0 amide bonds. The van der Waals surface area contributed by atoms with E-state index in [-0.39, 0.29) is 6.01 Å². The summed E-state index contributed by atoms with van der Waals surface area (Å²) >= 11 is 12.1. The monoisotopic (exact) mass is 424 g/mol. The van der Waals surface area contributed by atoms with Gasteiger partial charge in [-0.25, -0.2) is 0 Å². The molecule has 2 N–H and O–H groups in total. The third-order valence-corrected chi connectivity index (χ3v) is 5.27. The number of nitrogens with one attached hydrogen (secondary N) is 1. The number of halogens is 2. The maximum atomic E-state index is 11.3. The minimum atomic E-state index is -0.774. The normalized spacial score (nSPS) is 16.7. The third-order valence-electron chi connectivity index (χ3n) is 4.68. The lowest BCUT2D eigenvalue weighted by Crippen LogP contribution is -2.39. The van der Waals surface area contributed by atoms with E-state index in [9.17, 15) is 9.90 Å². The van der Waals surface area contributed by atoms with Gasteiger partial charge >= 0.3 is 12.0 Å². The first-order chi connectivity index (χ1) is 13.5. The number of hydrogen-bond acceptors (Lipinski definition) is 6. The Hall–Kier alpha value is -2.25. The van der Waals surface area contributed by atoms with Gasteiger partial charge in [0.15, 0.2) is 0 Å². The van der Waals surface area contributed by atoms with Crippen LogP contribution in [0.2, 0.25) is 10.0 Å². The summed E-state index contributed by atoms with van der Waals surface area (Å²) in [7, 11) is 1.51. The highest BCUT2D eigenvalue weighted by Gasteiger charge is 2.26. The van der Waals surface area contributed by atoms with Crippen molar-refractivity contribution in [2.45, 2.75) is 19.3 Å². The number of hydrogen-bond donors (Lipinski definition) is 2. The van der Waals surface area contributed by atoms with Crippen LogP contribution in [0.1, 0.15) is 18.4 Å². The van der Waals surface area contributed by atoms with Crippen molar-refractivity contribution < 1.29 is 14.6 Å². The Balaban J connectivity index is 1.69. The summed E-state index contributed by atoms with van der Waals surface area (Å²) in [5, 5.41) is 13.8. The van der Waals surface area contributed by atoms with Crippen molar-refractivity contribution in [3.8, 4) is 6.01 Å². The largest absolute Gasteiger partial charge is 0.481 e. The molecule has 3 rings (SSSR count). The lowest BCUT2D eigenvalue weighted by molar-refractivity contribution is -0.141. The van der Waals surface area contributed by atoms with Gasteiger partial charge in [-0.1, -0.05) is 29.3 Å². The van der Waals surface area contributed by atoms with Gasteiger partial charge in [0.05, 0.1) is 13.0 Å². The fourth-order valence-corrected chi connectivity index (χ4v) is 3.70. The van der Waals surface area contributed by atoms with E-state index in [1.807, 2.05) is 23.1 Å². The van der Waals surface area contributed by atoms with Crippen LogP contribution in [0.4, 0.5) is 11.6 Å². The number of aromatic nitrogens is 2. The lowest BCUT2D eigenvalue weighted by atomic mass is 9.98. The number of rotatable bonds is 7. The molecule has 0 saturated carbocycles. The van der Waals surface area contributed by atoms with E-state index in [2.05, 4.69) is 15.3 Å². The number of carboxylic acid groups (broad SMARTS) is 1. The first-order valence-electron chi connectivity index (χ1n) is 9.05. The van der Waals surface area contributed by atoms with E-state index in [0.29, 0.717) is 47.6 Å². The van der Waals surface area contributed by atoms with Crippen LogP contribution < -0.4 is 15.0 Å². The Morgan fingerprint density at radius 3 is 2.89 bits per heavy atom. The molecule has 150 valence electrons. The molecule has 2 heterocycles. The van der Waals surface area contributed by atoms with Gasteiger partial charge in [0, 0.05) is 35.7 Å². The Morgan fingerprint density at radius 1 is 1.36 bits per heavy atom. The van der Waals surface area contributed by atoms with Gasteiger partial charge in [0.1, 0.15) is 11.6 Å². The molecule has 1 aliphatic rings. The van der Waals surface area contributed by atoms with Gasteiger partial charge in [-0.15, -0.1) is 0 Å². The average Bonchev–Trinajstić information content (AvgIpc) is 2.69. The quantitative estimate of drug-likeness (QED) is 0.699. The number of benzene rings is 1. The number of carbonyl (C=O) groups is 1. The van der Waals surface area contributed by atoms with E-state index in [4.69, 9.17) is 27.9 Å². The zero-order valence-electron chi connectivity index (χ0n) is 15.5. The highest BCUT2D eigenvalue weighted by Crippen LogP contribution is 2.26. The van der Waals surface area contributed by atoms with E-state index in [1.54, 1.807) is 6.07 Å². The molecule has 2 aromatic rings. The van der Waals surface area contributed by atoms with Crippen molar-refractivity contribution >= 4 is 40.8 Å². The number of carboxylic acids is 1. The predicted octanol–water partition coefficient (Wildman–Crippen LogP) is 3.75. The minimum Gasteiger partial charge on any atom is -0.481 e. The molecule has 1 aromatic heterocycles. The van der Waals surface area contributed by atoms with E-state index < -0.39 is 11.9 Å². The molecule has 9 heteroatoms.